The first kappa shape index (κ1) is 20.6. The predicted molar refractivity (Wildman–Crippen MR) is 115 cm³/mol. The van der Waals surface area contributed by atoms with Crippen molar-refractivity contribution in [3.8, 4) is 0 Å². The standard InChI is InChI=1S/C22H23N5O5/c28-20(8-7-19-23-16-4-2-1-3-15(16)21(29)24-19)25-10-13-9-14(12-25)17-5-6-18(27(31)32)22(30)26(17)11-13/h1-6,13-14,27,31H,7-12H2,(H,23,24,29)/t13-,14-/m0/s1. The Morgan fingerprint density at radius 2 is 2.00 bits per heavy atom. The molecule has 0 aliphatic carbocycles. The SMILES string of the molecule is O=C(CCc1nc2ccccc2c(=O)[nH]1)N1C[C@@H]2C[C@@H](C1)c1ccc([NH+]([O-])O)c(=O)n1C2. The Morgan fingerprint density at radius 1 is 1.19 bits per heavy atom. The molecule has 3 aromatic rings. The van der Waals surface area contributed by atoms with Crippen molar-refractivity contribution in [3.05, 3.63) is 73.8 Å². The van der Waals surface area contributed by atoms with Crippen LogP contribution in [0.25, 0.3) is 10.9 Å². The summed E-state index contributed by atoms with van der Waals surface area (Å²) < 4.78 is 1.56. The number of para-hydroxylation sites is 1. The van der Waals surface area contributed by atoms with Crippen LogP contribution in [-0.4, -0.2) is 43.6 Å². The highest BCUT2D eigenvalue weighted by Crippen LogP contribution is 2.35. The van der Waals surface area contributed by atoms with E-state index in [1.165, 1.54) is 6.07 Å². The maximum Gasteiger partial charge on any atom is 0.315 e. The van der Waals surface area contributed by atoms with Crippen molar-refractivity contribution in [3.63, 3.8) is 0 Å². The second kappa shape index (κ2) is 7.97. The lowest BCUT2D eigenvalue weighted by molar-refractivity contribution is -0.992. The van der Waals surface area contributed by atoms with E-state index >= 15 is 0 Å². The number of amides is 1. The molecule has 2 aromatic heterocycles. The van der Waals surface area contributed by atoms with Crippen molar-refractivity contribution in [2.45, 2.75) is 31.7 Å². The first-order valence-corrected chi connectivity index (χ1v) is 10.6. The van der Waals surface area contributed by atoms with Crippen LogP contribution in [0.4, 0.5) is 5.69 Å². The van der Waals surface area contributed by atoms with Crippen molar-refractivity contribution < 1.29 is 15.2 Å². The number of hydrogen-bond donors (Lipinski definition) is 3. The summed E-state index contributed by atoms with van der Waals surface area (Å²) in [5.41, 5.74) is 0.478. The molecule has 1 amide bonds. The summed E-state index contributed by atoms with van der Waals surface area (Å²) in [4.78, 5) is 46.7. The number of hydrogen-bond acceptors (Lipinski definition) is 6. The molecule has 32 heavy (non-hydrogen) atoms. The topological polar surface area (TPSA) is 136 Å². The van der Waals surface area contributed by atoms with Crippen LogP contribution in [0, 0.1) is 11.1 Å². The van der Waals surface area contributed by atoms with Crippen molar-refractivity contribution in [2.24, 2.45) is 5.92 Å². The van der Waals surface area contributed by atoms with Crippen molar-refractivity contribution in [1.29, 1.82) is 0 Å². The summed E-state index contributed by atoms with van der Waals surface area (Å²) in [6.07, 6.45) is 1.43. The van der Waals surface area contributed by atoms with Crippen LogP contribution in [0.15, 0.2) is 46.0 Å². The molecule has 10 nitrogen and oxygen atoms in total. The van der Waals surface area contributed by atoms with Gasteiger partial charge in [-0.15, -0.1) is 0 Å². The fraction of sp³-hybridized carbons (Fsp3) is 0.364. The Bertz CT molecular complexity index is 1310. The molecule has 5 rings (SSSR count). The maximum absolute atomic E-state index is 12.9. The average molecular weight is 437 g/mol. The van der Waals surface area contributed by atoms with Gasteiger partial charge in [0.2, 0.25) is 11.6 Å². The van der Waals surface area contributed by atoms with Gasteiger partial charge in [0.15, 0.2) is 0 Å². The molecule has 3 N–H and O–H groups in total. The highest BCUT2D eigenvalue weighted by molar-refractivity contribution is 5.78. The van der Waals surface area contributed by atoms with Gasteiger partial charge in [-0.25, -0.2) is 10.2 Å². The molecule has 0 spiro atoms. The minimum atomic E-state index is -1.22. The van der Waals surface area contributed by atoms with Crippen LogP contribution >= 0.6 is 0 Å². The molecule has 2 aliphatic rings. The molecule has 0 saturated carbocycles. The predicted octanol–water partition coefficient (Wildman–Crippen LogP) is 0.0667. The minimum Gasteiger partial charge on any atom is -0.595 e. The number of aromatic nitrogens is 3. The summed E-state index contributed by atoms with van der Waals surface area (Å²) in [7, 11) is 0. The van der Waals surface area contributed by atoms with Gasteiger partial charge in [0.05, 0.1) is 10.9 Å². The van der Waals surface area contributed by atoms with E-state index in [1.807, 2.05) is 11.0 Å². The van der Waals surface area contributed by atoms with E-state index in [0.29, 0.717) is 42.8 Å². The highest BCUT2D eigenvalue weighted by atomic mass is 16.8. The van der Waals surface area contributed by atoms with E-state index in [-0.39, 0.29) is 35.4 Å². The summed E-state index contributed by atoms with van der Waals surface area (Å²) in [6.45, 7) is 1.43. The van der Waals surface area contributed by atoms with E-state index in [2.05, 4.69) is 9.97 Å². The van der Waals surface area contributed by atoms with Gasteiger partial charge in [0.1, 0.15) is 5.82 Å². The van der Waals surface area contributed by atoms with Crippen molar-refractivity contribution >= 4 is 22.5 Å². The Hall–Kier alpha value is -3.34. The van der Waals surface area contributed by atoms with E-state index < -0.39 is 10.8 Å². The lowest BCUT2D eigenvalue weighted by Crippen LogP contribution is -3.00. The summed E-state index contributed by atoms with van der Waals surface area (Å²) in [5.74, 6) is 0.567. The fourth-order valence-corrected chi connectivity index (χ4v) is 4.95. The molecule has 0 radical (unpaired) electrons. The lowest BCUT2D eigenvalue weighted by Gasteiger charge is -2.42. The third kappa shape index (κ3) is 3.62. The van der Waals surface area contributed by atoms with Crippen LogP contribution in [0.3, 0.4) is 0 Å². The fourth-order valence-electron chi connectivity index (χ4n) is 4.95. The molecule has 2 aliphatic heterocycles. The zero-order valence-corrected chi connectivity index (χ0v) is 17.3. The number of nitrogens with zero attached hydrogens (tertiary/aromatic N) is 3. The van der Waals surface area contributed by atoms with Crippen LogP contribution < -0.4 is 16.3 Å². The number of carbonyl (C=O) groups is 1. The molecule has 1 unspecified atom stereocenters. The average Bonchev–Trinajstić information content (AvgIpc) is 2.78. The largest absolute Gasteiger partial charge is 0.595 e. The second-order valence-corrected chi connectivity index (χ2v) is 8.52. The molecule has 2 bridgehead atoms. The van der Waals surface area contributed by atoms with Crippen LogP contribution in [0.5, 0.6) is 0 Å². The minimum absolute atomic E-state index is 0.000552. The number of quaternary nitrogens is 1. The number of likely N-dealkylation sites (tertiary alicyclic amines) is 1. The number of fused-ring (bicyclic) bond motifs is 5. The van der Waals surface area contributed by atoms with Gasteiger partial charge in [-0.2, -0.15) is 5.23 Å². The first-order chi connectivity index (χ1) is 15.4. The number of nitrogens with one attached hydrogen (secondary N) is 2. The molecule has 1 fully saturated rings. The number of benzene rings is 1. The van der Waals surface area contributed by atoms with E-state index in [9.17, 15) is 24.8 Å². The van der Waals surface area contributed by atoms with Gasteiger partial charge < -0.3 is 19.7 Å². The van der Waals surface area contributed by atoms with Crippen molar-refractivity contribution in [2.75, 3.05) is 13.1 Å². The van der Waals surface area contributed by atoms with E-state index in [1.54, 1.807) is 28.8 Å². The van der Waals surface area contributed by atoms with Crippen LogP contribution in [-0.2, 0) is 17.8 Å². The normalized spacial score (nSPS) is 20.8. The molecule has 4 heterocycles. The number of H-pyrrole nitrogens is 1. The molecule has 1 saturated heterocycles. The number of piperidine rings is 1. The van der Waals surface area contributed by atoms with Gasteiger partial charge in [-0.1, -0.05) is 12.1 Å². The Morgan fingerprint density at radius 3 is 2.81 bits per heavy atom. The lowest BCUT2D eigenvalue weighted by atomic mass is 9.83. The molecule has 166 valence electrons. The quantitative estimate of drug-likeness (QED) is 0.494. The Labute approximate surface area is 182 Å². The van der Waals surface area contributed by atoms with Gasteiger partial charge in [-0.3, -0.25) is 14.4 Å². The van der Waals surface area contributed by atoms with Crippen LogP contribution in [0.1, 0.15) is 30.3 Å². The van der Waals surface area contributed by atoms with Gasteiger partial charge >= 0.3 is 5.56 Å². The summed E-state index contributed by atoms with van der Waals surface area (Å²) in [6, 6.07) is 10.1. The van der Waals surface area contributed by atoms with Crippen molar-refractivity contribution in [1.82, 2.24) is 19.4 Å². The van der Waals surface area contributed by atoms with Crippen LogP contribution in [0.2, 0.25) is 0 Å². The zero-order chi connectivity index (χ0) is 22.4. The number of carbonyl (C=O) groups excluding carboxylic acids is 1. The highest BCUT2D eigenvalue weighted by Gasteiger charge is 2.37. The summed E-state index contributed by atoms with van der Waals surface area (Å²) in [5, 5.41) is 19.8. The molecule has 3 atom stereocenters. The van der Waals surface area contributed by atoms with E-state index in [0.717, 1.165) is 12.1 Å². The molecular weight excluding hydrogens is 414 g/mol. The molecule has 1 aromatic carbocycles. The van der Waals surface area contributed by atoms with Gasteiger partial charge in [-0.05, 0) is 30.5 Å². The summed E-state index contributed by atoms with van der Waals surface area (Å²) >= 11 is 0. The number of pyridine rings is 1. The molecule has 10 heteroatoms. The number of aryl methyl sites for hydroxylation is 1. The van der Waals surface area contributed by atoms with Gasteiger partial charge in [0, 0.05) is 50.2 Å². The number of aromatic amines is 1. The second-order valence-electron chi connectivity index (χ2n) is 8.52. The van der Waals surface area contributed by atoms with E-state index in [4.69, 9.17) is 0 Å². The number of rotatable bonds is 4. The Kier molecular flexibility index (Phi) is 5.12. The third-order valence-electron chi connectivity index (χ3n) is 6.42. The monoisotopic (exact) mass is 437 g/mol. The maximum atomic E-state index is 12.9. The molecular formula is C22H23N5O5. The smallest absolute Gasteiger partial charge is 0.315 e. The van der Waals surface area contributed by atoms with Gasteiger partial charge in [0.25, 0.3) is 5.56 Å². The zero-order valence-electron chi connectivity index (χ0n) is 17.3. The Balaban J connectivity index is 1.30. The first-order valence-electron chi connectivity index (χ1n) is 10.6. The third-order valence-corrected chi connectivity index (χ3v) is 6.42.